The first-order valence-corrected chi connectivity index (χ1v) is 49.8. The van der Waals surface area contributed by atoms with Crippen molar-refractivity contribution in [2.75, 3.05) is 75.1 Å². The molecular formula is C96H108O18S6. The third-order valence-corrected chi connectivity index (χ3v) is 19.0. The van der Waals surface area contributed by atoms with E-state index in [1.807, 2.05) is 218 Å². The molecule has 3 aliphatic carbocycles. The lowest BCUT2D eigenvalue weighted by atomic mass is 9.91. The van der Waals surface area contributed by atoms with E-state index in [9.17, 15) is 86.5 Å². The highest BCUT2D eigenvalue weighted by Gasteiger charge is 2.24. The molecule has 0 amide bonds. The Morgan fingerprint density at radius 2 is 0.175 bits per heavy atom. The number of fused-ring (bicyclic) bond motifs is 24. The van der Waals surface area contributed by atoms with Crippen molar-refractivity contribution < 1.29 is 86.5 Å². The molecular weight excluding hydrogens is 1630 g/mol. The van der Waals surface area contributed by atoms with Crippen molar-refractivity contribution in [1.29, 1.82) is 0 Å². The van der Waals surface area contributed by atoms with E-state index in [0.717, 1.165) is 0 Å². The van der Waals surface area contributed by atoms with Gasteiger partial charge in [-0.1, -0.05) is 218 Å². The lowest BCUT2D eigenvalue weighted by Crippen LogP contribution is -2.00. The maximum absolute atomic E-state index is 10.9. The van der Waals surface area contributed by atoms with E-state index in [1.165, 1.54) is 0 Å². The van der Waals surface area contributed by atoms with Gasteiger partial charge in [0.2, 0.25) is 0 Å². The SMILES string of the molecule is CS(C)=O.CS(C)=O.CS(C)=O.CS(C)=O.CS(C)=O.CS(C)=O.Oc1c2cccc1Cc1cccc(c1O)Cc1cccc(c1O)Cc1cccc(c1O)C2.Oc1c2cccc1Cc1cccc(c1O)Cc1cccc(c1O)Cc1cccc(c1O)C2.Oc1c2cccc1Cc1cccc(c1O)Cc1cccc(c1O)Cc1cccc(c1O)C2. The smallest absolute Gasteiger partial charge is 0.122 e. The van der Waals surface area contributed by atoms with E-state index in [0.29, 0.717) is 211 Å². The zero-order valence-corrected chi connectivity index (χ0v) is 74.4. The van der Waals surface area contributed by atoms with Gasteiger partial charge in [-0.3, -0.25) is 25.3 Å². The molecule has 12 aromatic carbocycles. The maximum Gasteiger partial charge on any atom is 0.122 e. The molecule has 0 radical (unpaired) electrons. The average molecular weight is 1740 g/mol. The van der Waals surface area contributed by atoms with Gasteiger partial charge in [-0.25, -0.2) is 0 Å². The summed E-state index contributed by atoms with van der Waals surface area (Å²) in [5.74, 6) is 2.13. The second-order valence-electron chi connectivity index (χ2n) is 29.7. The van der Waals surface area contributed by atoms with Crippen LogP contribution in [0.1, 0.15) is 134 Å². The number of benzene rings is 12. The standard InChI is InChI=1S/3C28H24O4.6C2H6OS/c3*29-25-17-5-1-6-18(25)14-20-8-3-10-22(27(20)31)16-24-12-4-11-23(28(24)32)15-21-9-2-7-19(13-17)26(21)30;6*1-4(2)3/h3*1-12,29-32H,13-16H2;6*1-2H3. The van der Waals surface area contributed by atoms with Gasteiger partial charge < -0.3 is 61.3 Å². The minimum Gasteiger partial charge on any atom is -0.507 e. The summed E-state index contributed by atoms with van der Waals surface area (Å²) in [6.45, 7) is 0. The molecule has 0 saturated heterocycles. The second kappa shape index (κ2) is 46.6. The minimum absolute atomic E-state index is 0.178. The summed E-state index contributed by atoms with van der Waals surface area (Å²) in [4.78, 5) is 0. The molecule has 636 valence electrons. The lowest BCUT2D eigenvalue weighted by Gasteiger charge is -2.16. The Hall–Kier alpha value is -10.9. The Labute approximate surface area is 719 Å². The quantitative estimate of drug-likeness (QED) is 0.0671. The highest BCUT2D eigenvalue weighted by molar-refractivity contribution is 7.84. The Bertz CT molecular complexity index is 4220. The van der Waals surface area contributed by atoms with E-state index in [1.54, 1.807) is 75.1 Å². The first kappa shape index (κ1) is 96.3. The van der Waals surface area contributed by atoms with Gasteiger partial charge in [0.15, 0.2) is 0 Å². The van der Waals surface area contributed by atoms with Crippen LogP contribution in [0.2, 0.25) is 0 Å². The molecule has 24 heteroatoms. The van der Waals surface area contributed by atoms with Gasteiger partial charge in [0.05, 0.1) is 0 Å². The normalized spacial score (nSPS) is 12.2. The van der Waals surface area contributed by atoms with Crippen LogP contribution in [0.25, 0.3) is 0 Å². The summed E-state index contributed by atoms with van der Waals surface area (Å²) in [7, 11) is -3.67. The van der Waals surface area contributed by atoms with Crippen molar-refractivity contribution >= 4 is 64.8 Å². The number of aromatic hydroxyl groups is 12. The first-order chi connectivity index (χ1) is 56.9. The van der Waals surface area contributed by atoms with Gasteiger partial charge in [0.25, 0.3) is 0 Å². The molecule has 0 fully saturated rings. The molecule has 120 heavy (non-hydrogen) atoms. The summed E-state index contributed by atoms with van der Waals surface area (Å²) >= 11 is 0. The summed E-state index contributed by atoms with van der Waals surface area (Å²) in [5.41, 5.74) is 17.1. The number of para-hydroxylation sites is 12. The molecule has 3 aliphatic rings. The fourth-order valence-electron chi connectivity index (χ4n) is 13.6. The predicted octanol–water partition coefficient (Wildman–Crippen LogP) is 15.5. The fourth-order valence-corrected chi connectivity index (χ4v) is 13.6. The molecule has 12 N–H and O–H groups in total. The van der Waals surface area contributed by atoms with E-state index in [4.69, 9.17) is 0 Å². The number of rotatable bonds is 0. The van der Waals surface area contributed by atoms with Gasteiger partial charge in [-0.05, 0) is 134 Å². The van der Waals surface area contributed by atoms with Gasteiger partial charge >= 0.3 is 0 Å². The van der Waals surface area contributed by atoms with Gasteiger partial charge in [-0.2, -0.15) is 0 Å². The summed E-state index contributed by atoms with van der Waals surface area (Å²) in [6, 6.07) is 67.0. The molecule has 12 aromatic rings. The molecule has 15 rings (SSSR count). The number of hydrogen-bond donors (Lipinski definition) is 12. The van der Waals surface area contributed by atoms with Crippen molar-refractivity contribution in [3.8, 4) is 69.0 Å². The van der Waals surface area contributed by atoms with Crippen LogP contribution in [-0.2, 0) is 142 Å². The highest BCUT2D eigenvalue weighted by atomic mass is 32.2. The first-order valence-electron chi connectivity index (χ1n) is 38.0. The van der Waals surface area contributed by atoms with Crippen LogP contribution < -0.4 is 0 Å². The average Bonchev–Trinajstić information content (AvgIpc) is 0.804. The van der Waals surface area contributed by atoms with E-state index >= 15 is 0 Å². The van der Waals surface area contributed by atoms with Crippen LogP contribution >= 0.6 is 0 Å². The molecule has 0 aliphatic heterocycles. The molecule has 18 nitrogen and oxygen atoms in total. The third kappa shape index (κ3) is 28.7. The highest BCUT2D eigenvalue weighted by Crippen LogP contribution is 2.42. The zero-order valence-electron chi connectivity index (χ0n) is 69.5. The van der Waals surface area contributed by atoms with Crippen molar-refractivity contribution in [2.45, 2.75) is 77.0 Å². The topological polar surface area (TPSA) is 345 Å². The Morgan fingerprint density at radius 1 is 0.133 bits per heavy atom. The zero-order chi connectivity index (χ0) is 88.2. The molecule has 0 saturated carbocycles. The van der Waals surface area contributed by atoms with E-state index in [2.05, 4.69) is 0 Å². The minimum atomic E-state index is -0.611. The van der Waals surface area contributed by atoms with Crippen molar-refractivity contribution in [2.24, 2.45) is 0 Å². The summed E-state index contributed by atoms with van der Waals surface area (Å²) < 4.78 is 57.3. The molecule has 0 atom stereocenters. The van der Waals surface area contributed by atoms with E-state index in [-0.39, 0.29) is 69.0 Å². The molecule has 24 bridgehead atoms. The van der Waals surface area contributed by atoms with Crippen LogP contribution in [0.15, 0.2) is 218 Å². The molecule has 0 aromatic heterocycles. The van der Waals surface area contributed by atoms with Crippen LogP contribution in [0.4, 0.5) is 0 Å². The summed E-state index contributed by atoms with van der Waals surface area (Å²) in [5, 5.41) is 131. The van der Waals surface area contributed by atoms with Crippen molar-refractivity contribution in [1.82, 2.24) is 0 Å². The number of hydrogen-bond acceptors (Lipinski definition) is 18. The monoisotopic (exact) mass is 1740 g/mol. The Morgan fingerprint density at radius 3 is 0.217 bits per heavy atom. The Balaban J connectivity index is 0.000000218. The van der Waals surface area contributed by atoms with E-state index < -0.39 is 64.8 Å². The number of phenols is 12. The lowest BCUT2D eigenvalue weighted by molar-refractivity contribution is 0.449. The Kier molecular flexibility index (Phi) is 37.4. The fraction of sp³-hybridized carbons (Fsp3) is 0.250. The van der Waals surface area contributed by atoms with Crippen molar-refractivity contribution in [3.05, 3.63) is 352 Å². The maximum atomic E-state index is 10.9. The van der Waals surface area contributed by atoms with Crippen molar-refractivity contribution in [3.63, 3.8) is 0 Å². The predicted molar refractivity (Wildman–Crippen MR) is 491 cm³/mol. The molecule has 0 spiro atoms. The third-order valence-electron chi connectivity index (χ3n) is 19.0. The molecule has 0 heterocycles. The largest absolute Gasteiger partial charge is 0.507 e. The second-order valence-corrected chi connectivity index (χ2v) is 38.6. The van der Waals surface area contributed by atoms with Gasteiger partial charge in [0.1, 0.15) is 69.0 Å². The van der Waals surface area contributed by atoms with Gasteiger partial charge in [-0.15, -0.1) is 0 Å². The van der Waals surface area contributed by atoms with Crippen LogP contribution in [0.5, 0.6) is 69.0 Å². The van der Waals surface area contributed by atoms with Crippen LogP contribution in [0, 0.1) is 0 Å². The van der Waals surface area contributed by atoms with Crippen LogP contribution in [0.3, 0.4) is 0 Å². The van der Waals surface area contributed by atoms with Crippen LogP contribution in [-0.4, -0.2) is 162 Å². The molecule has 0 unspecified atom stereocenters. The number of phenolic OH excluding ortho intramolecular Hbond substituents is 12. The van der Waals surface area contributed by atoms with Gasteiger partial charge in [0, 0.05) is 217 Å². The summed E-state index contributed by atoms with van der Waals surface area (Å²) in [6.07, 6.45) is 24.1.